The van der Waals surface area contributed by atoms with E-state index in [1.807, 2.05) is 13.1 Å². The Bertz CT molecular complexity index is 570. The molecule has 0 aliphatic heterocycles. The summed E-state index contributed by atoms with van der Waals surface area (Å²) in [5.41, 5.74) is 2.48. The van der Waals surface area contributed by atoms with Crippen molar-refractivity contribution in [1.82, 2.24) is 5.32 Å². The van der Waals surface area contributed by atoms with Gasteiger partial charge in [0.2, 0.25) is 0 Å². The predicted molar refractivity (Wildman–Crippen MR) is 74.6 cm³/mol. The first-order valence-corrected chi connectivity index (χ1v) is 6.26. The molecule has 2 aromatic rings. The normalized spacial score (nSPS) is 10.7. The van der Waals surface area contributed by atoms with Gasteiger partial charge in [-0.3, -0.25) is 0 Å². The second kappa shape index (κ2) is 5.70. The van der Waals surface area contributed by atoms with Crippen LogP contribution >= 0.6 is 23.2 Å². The first-order valence-electron chi connectivity index (χ1n) is 5.51. The molecule has 0 spiro atoms. The molecule has 94 valence electrons. The second-order valence-corrected chi connectivity index (χ2v) is 4.72. The van der Waals surface area contributed by atoms with Crippen LogP contribution in [-0.2, 0) is 6.54 Å². The van der Waals surface area contributed by atoms with Crippen LogP contribution in [0, 0.1) is 5.82 Å². The number of hydrogen-bond acceptors (Lipinski definition) is 1. The highest BCUT2D eigenvalue weighted by atomic mass is 35.5. The van der Waals surface area contributed by atoms with Crippen LogP contribution in [0.25, 0.3) is 11.1 Å². The summed E-state index contributed by atoms with van der Waals surface area (Å²) >= 11 is 12.2. The van der Waals surface area contributed by atoms with E-state index in [1.165, 1.54) is 12.1 Å². The van der Waals surface area contributed by atoms with Crippen LogP contribution in [0.5, 0.6) is 0 Å². The van der Waals surface area contributed by atoms with Crippen molar-refractivity contribution in [1.29, 1.82) is 0 Å². The molecule has 1 N–H and O–H groups in total. The first-order chi connectivity index (χ1) is 8.63. The molecule has 0 fully saturated rings. The zero-order valence-corrected chi connectivity index (χ0v) is 11.3. The largest absolute Gasteiger partial charge is 0.316 e. The summed E-state index contributed by atoms with van der Waals surface area (Å²) in [4.78, 5) is 0. The van der Waals surface area contributed by atoms with Crippen molar-refractivity contribution in [3.8, 4) is 11.1 Å². The number of hydrogen-bond donors (Lipinski definition) is 1. The van der Waals surface area contributed by atoms with Crippen molar-refractivity contribution < 1.29 is 4.39 Å². The van der Waals surface area contributed by atoms with Gasteiger partial charge in [-0.05, 0) is 36.4 Å². The molecule has 0 aliphatic rings. The van der Waals surface area contributed by atoms with E-state index >= 15 is 0 Å². The van der Waals surface area contributed by atoms with Crippen LogP contribution in [0.3, 0.4) is 0 Å². The zero-order valence-electron chi connectivity index (χ0n) is 9.81. The summed E-state index contributed by atoms with van der Waals surface area (Å²) < 4.78 is 13.4. The molecule has 0 heterocycles. The zero-order chi connectivity index (χ0) is 13.1. The van der Waals surface area contributed by atoms with Gasteiger partial charge in [-0.25, -0.2) is 4.39 Å². The lowest BCUT2D eigenvalue weighted by atomic mass is 9.99. The van der Waals surface area contributed by atoms with Crippen LogP contribution in [0.2, 0.25) is 10.0 Å². The molecule has 0 radical (unpaired) electrons. The molecule has 0 saturated carbocycles. The summed E-state index contributed by atoms with van der Waals surface area (Å²) in [6.07, 6.45) is 0. The van der Waals surface area contributed by atoms with E-state index in [0.717, 1.165) is 16.7 Å². The van der Waals surface area contributed by atoms with E-state index < -0.39 is 0 Å². The third kappa shape index (κ3) is 2.66. The number of rotatable bonds is 3. The highest BCUT2D eigenvalue weighted by molar-refractivity contribution is 6.43. The van der Waals surface area contributed by atoms with Gasteiger partial charge in [-0.15, -0.1) is 0 Å². The topological polar surface area (TPSA) is 12.0 Å². The van der Waals surface area contributed by atoms with Crippen molar-refractivity contribution in [3.63, 3.8) is 0 Å². The maximum Gasteiger partial charge on any atom is 0.123 e. The van der Waals surface area contributed by atoms with Gasteiger partial charge in [0.05, 0.1) is 10.0 Å². The standard InChI is InChI=1S/C14H12Cl2FN/c1-18-8-9-5-6-10(17)7-12(9)11-3-2-4-13(15)14(11)16/h2-7,18H,8H2,1H3. The van der Waals surface area contributed by atoms with Crippen LogP contribution in [0.15, 0.2) is 36.4 Å². The quantitative estimate of drug-likeness (QED) is 0.873. The molecule has 0 aliphatic carbocycles. The second-order valence-electron chi connectivity index (χ2n) is 3.93. The Hall–Kier alpha value is -1.09. The van der Waals surface area contributed by atoms with E-state index in [-0.39, 0.29) is 5.82 Å². The highest BCUT2D eigenvalue weighted by Crippen LogP contribution is 2.35. The van der Waals surface area contributed by atoms with E-state index in [4.69, 9.17) is 23.2 Å². The fraction of sp³-hybridized carbons (Fsp3) is 0.143. The van der Waals surface area contributed by atoms with Gasteiger partial charge in [0.1, 0.15) is 5.82 Å². The summed E-state index contributed by atoms with van der Waals surface area (Å²) in [5.74, 6) is -0.291. The molecule has 0 aromatic heterocycles. The predicted octanol–water partition coefficient (Wildman–Crippen LogP) is 4.52. The number of halogens is 3. The molecule has 4 heteroatoms. The van der Waals surface area contributed by atoms with Crippen LogP contribution in [-0.4, -0.2) is 7.05 Å². The Kier molecular flexibility index (Phi) is 4.23. The minimum atomic E-state index is -0.291. The number of nitrogens with one attached hydrogen (secondary N) is 1. The third-order valence-electron chi connectivity index (χ3n) is 2.68. The van der Waals surface area contributed by atoms with E-state index in [2.05, 4.69) is 5.32 Å². The van der Waals surface area contributed by atoms with E-state index in [0.29, 0.717) is 16.6 Å². The minimum absolute atomic E-state index is 0.291. The Morgan fingerprint density at radius 2 is 1.89 bits per heavy atom. The summed E-state index contributed by atoms with van der Waals surface area (Å²) in [6.45, 7) is 0.637. The van der Waals surface area contributed by atoms with Crippen molar-refractivity contribution in [2.45, 2.75) is 6.54 Å². The smallest absolute Gasteiger partial charge is 0.123 e. The fourth-order valence-electron chi connectivity index (χ4n) is 1.86. The van der Waals surface area contributed by atoms with Gasteiger partial charge in [0.15, 0.2) is 0 Å². The Morgan fingerprint density at radius 1 is 1.11 bits per heavy atom. The Balaban J connectivity index is 2.61. The van der Waals surface area contributed by atoms with Crippen molar-refractivity contribution >= 4 is 23.2 Å². The van der Waals surface area contributed by atoms with Gasteiger partial charge in [-0.1, -0.05) is 41.4 Å². The number of benzene rings is 2. The van der Waals surface area contributed by atoms with Crippen LogP contribution in [0.4, 0.5) is 4.39 Å². The lowest BCUT2D eigenvalue weighted by Gasteiger charge is -2.12. The van der Waals surface area contributed by atoms with Gasteiger partial charge >= 0.3 is 0 Å². The van der Waals surface area contributed by atoms with E-state index in [9.17, 15) is 4.39 Å². The van der Waals surface area contributed by atoms with Gasteiger partial charge < -0.3 is 5.32 Å². The van der Waals surface area contributed by atoms with Crippen molar-refractivity contribution in [2.75, 3.05) is 7.05 Å². The lowest BCUT2D eigenvalue weighted by Crippen LogP contribution is -2.06. The molecule has 0 atom stereocenters. The average Bonchev–Trinajstić information content (AvgIpc) is 2.35. The highest BCUT2D eigenvalue weighted by Gasteiger charge is 2.11. The third-order valence-corrected chi connectivity index (χ3v) is 3.50. The molecule has 2 rings (SSSR count). The SMILES string of the molecule is CNCc1ccc(F)cc1-c1cccc(Cl)c1Cl. The molecule has 0 saturated heterocycles. The summed E-state index contributed by atoms with van der Waals surface area (Å²) in [7, 11) is 1.84. The summed E-state index contributed by atoms with van der Waals surface area (Å²) in [6, 6.07) is 10.0. The average molecular weight is 284 g/mol. The molecule has 18 heavy (non-hydrogen) atoms. The van der Waals surface area contributed by atoms with Gasteiger partial charge in [0, 0.05) is 12.1 Å². The Morgan fingerprint density at radius 3 is 2.61 bits per heavy atom. The van der Waals surface area contributed by atoms with Crippen LogP contribution in [0.1, 0.15) is 5.56 Å². The van der Waals surface area contributed by atoms with E-state index in [1.54, 1.807) is 18.2 Å². The molecule has 0 bridgehead atoms. The first kappa shape index (κ1) is 13.3. The molecule has 0 unspecified atom stereocenters. The molecular weight excluding hydrogens is 272 g/mol. The fourth-order valence-corrected chi connectivity index (χ4v) is 2.26. The molecular formula is C14H12Cl2FN. The van der Waals surface area contributed by atoms with Crippen molar-refractivity contribution in [2.24, 2.45) is 0 Å². The van der Waals surface area contributed by atoms with Gasteiger partial charge in [0.25, 0.3) is 0 Å². The molecule has 1 nitrogen and oxygen atoms in total. The minimum Gasteiger partial charge on any atom is -0.316 e. The van der Waals surface area contributed by atoms with Crippen LogP contribution < -0.4 is 5.32 Å². The molecule has 0 amide bonds. The maximum atomic E-state index is 13.4. The van der Waals surface area contributed by atoms with Gasteiger partial charge in [-0.2, -0.15) is 0 Å². The monoisotopic (exact) mass is 283 g/mol. The Labute approximate surface area is 116 Å². The van der Waals surface area contributed by atoms with Crippen molar-refractivity contribution in [3.05, 3.63) is 57.8 Å². The maximum absolute atomic E-state index is 13.4. The summed E-state index contributed by atoms with van der Waals surface area (Å²) in [5, 5.41) is 3.96. The molecule has 2 aromatic carbocycles. The lowest BCUT2D eigenvalue weighted by molar-refractivity contribution is 0.627.